The molecule has 0 saturated carbocycles. The van der Waals surface area contributed by atoms with Gasteiger partial charge in [0.15, 0.2) is 11.5 Å². The van der Waals surface area contributed by atoms with Gasteiger partial charge in [0.25, 0.3) is 5.91 Å². The van der Waals surface area contributed by atoms with Crippen LogP contribution in [0.2, 0.25) is 0 Å². The van der Waals surface area contributed by atoms with Crippen LogP contribution in [0.3, 0.4) is 0 Å². The highest BCUT2D eigenvalue weighted by Crippen LogP contribution is 2.32. The van der Waals surface area contributed by atoms with Crippen molar-refractivity contribution in [1.29, 1.82) is 0 Å². The van der Waals surface area contributed by atoms with Gasteiger partial charge in [-0.15, -0.1) is 0 Å². The Morgan fingerprint density at radius 2 is 1.83 bits per heavy atom. The zero-order valence-corrected chi connectivity index (χ0v) is 11.8. The molecule has 0 spiro atoms. The summed E-state index contributed by atoms with van der Waals surface area (Å²) < 4.78 is 48.9. The summed E-state index contributed by atoms with van der Waals surface area (Å²) in [5, 5.41) is 2.41. The van der Waals surface area contributed by atoms with Crippen LogP contribution in [-0.4, -0.2) is 18.6 Å². The van der Waals surface area contributed by atoms with Gasteiger partial charge in [-0.1, -0.05) is 18.2 Å². The largest absolute Gasteiger partial charge is 0.485 e. The molecule has 0 fully saturated rings. The second-order valence-corrected chi connectivity index (χ2v) is 4.93. The zero-order chi connectivity index (χ0) is 16.4. The van der Waals surface area contributed by atoms with E-state index in [1.54, 1.807) is 24.3 Å². The van der Waals surface area contributed by atoms with Crippen molar-refractivity contribution in [2.45, 2.75) is 12.3 Å². The molecule has 1 atom stereocenters. The third-order valence-electron chi connectivity index (χ3n) is 3.26. The second-order valence-electron chi connectivity index (χ2n) is 4.93. The van der Waals surface area contributed by atoms with Crippen LogP contribution in [-0.2, 0) is 11.0 Å². The van der Waals surface area contributed by atoms with E-state index in [9.17, 15) is 18.0 Å². The Hall–Kier alpha value is -2.70. The van der Waals surface area contributed by atoms with E-state index < -0.39 is 23.8 Å². The zero-order valence-electron chi connectivity index (χ0n) is 11.8. The number of rotatable bonds is 2. The van der Waals surface area contributed by atoms with Crippen LogP contribution in [0.1, 0.15) is 5.56 Å². The lowest BCUT2D eigenvalue weighted by Gasteiger charge is -2.25. The number of amides is 1. The van der Waals surface area contributed by atoms with E-state index in [0.29, 0.717) is 11.5 Å². The summed E-state index contributed by atoms with van der Waals surface area (Å²) in [5.74, 6) is 0.373. The summed E-state index contributed by atoms with van der Waals surface area (Å²) in [6.45, 7) is -0.0121. The fourth-order valence-electron chi connectivity index (χ4n) is 2.14. The van der Waals surface area contributed by atoms with Crippen LogP contribution in [0.15, 0.2) is 48.5 Å². The molecule has 0 aromatic heterocycles. The van der Waals surface area contributed by atoms with Crippen molar-refractivity contribution in [3.63, 3.8) is 0 Å². The molecule has 2 aromatic rings. The summed E-state index contributed by atoms with van der Waals surface area (Å²) in [4.78, 5) is 12.1. The Morgan fingerprint density at radius 1 is 1.09 bits per heavy atom. The van der Waals surface area contributed by atoms with Crippen LogP contribution in [0.4, 0.5) is 18.9 Å². The molecule has 1 N–H and O–H groups in total. The number of hydrogen-bond acceptors (Lipinski definition) is 3. The summed E-state index contributed by atoms with van der Waals surface area (Å²) in [6.07, 6.45) is -5.40. The van der Waals surface area contributed by atoms with E-state index in [4.69, 9.17) is 9.47 Å². The fourth-order valence-corrected chi connectivity index (χ4v) is 2.14. The maximum absolute atomic E-state index is 12.7. The van der Waals surface area contributed by atoms with E-state index >= 15 is 0 Å². The molecule has 2 aromatic carbocycles. The molecule has 0 aliphatic carbocycles. The van der Waals surface area contributed by atoms with Gasteiger partial charge in [-0.3, -0.25) is 4.79 Å². The van der Waals surface area contributed by atoms with E-state index in [2.05, 4.69) is 5.32 Å². The van der Waals surface area contributed by atoms with Gasteiger partial charge in [0.05, 0.1) is 5.56 Å². The van der Waals surface area contributed by atoms with E-state index in [-0.39, 0.29) is 12.3 Å². The molecule has 0 bridgehead atoms. The molecule has 23 heavy (non-hydrogen) atoms. The SMILES string of the molecule is O=C(Nc1cccc(C(F)(F)F)c1)C1COc2ccccc2O1. The molecule has 120 valence electrons. The Labute approximate surface area is 129 Å². The predicted molar refractivity (Wildman–Crippen MR) is 76.4 cm³/mol. The van der Waals surface area contributed by atoms with Crippen molar-refractivity contribution in [3.8, 4) is 11.5 Å². The molecule has 1 aliphatic heterocycles. The first-order valence-electron chi connectivity index (χ1n) is 6.80. The summed E-state index contributed by atoms with van der Waals surface area (Å²) in [7, 11) is 0. The average Bonchev–Trinajstić information content (AvgIpc) is 2.54. The fraction of sp³-hybridized carbons (Fsp3) is 0.188. The number of anilines is 1. The Bertz CT molecular complexity index is 731. The van der Waals surface area contributed by atoms with Gasteiger partial charge >= 0.3 is 6.18 Å². The highest BCUT2D eigenvalue weighted by Gasteiger charge is 2.31. The van der Waals surface area contributed by atoms with Crippen molar-refractivity contribution in [1.82, 2.24) is 0 Å². The van der Waals surface area contributed by atoms with Gasteiger partial charge in [0.1, 0.15) is 6.61 Å². The minimum absolute atomic E-state index is 0.0121. The standard InChI is InChI=1S/C16H12F3NO3/c17-16(18,19)10-4-3-5-11(8-10)20-15(21)14-9-22-12-6-1-2-7-13(12)23-14/h1-8,14H,9H2,(H,20,21). The van der Waals surface area contributed by atoms with Crippen LogP contribution in [0.25, 0.3) is 0 Å². The molecule has 1 heterocycles. The third-order valence-corrected chi connectivity index (χ3v) is 3.26. The smallest absolute Gasteiger partial charge is 0.416 e. The van der Waals surface area contributed by atoms with Crippen LogP contribution >= 0.6 is 0 Å². The highest BCUT2D eigenvalue weighted by atomic mass is 19.4. The lowest BCUT2D eigenvalue weighted by Crippen LogP contribution is -2.40. The third kappa shape index (κ3) is 3.39. The number of carbonyl (C=O) groups excluding carboxylic acids is 1. The number of nitrogens with one attached hydrogen (secondary N) is 1. The minimum atomic E-state index is -4.47. The number of benzene rings is 2. The summed E-state index contributed by atoms with van der Waals surface area (Å²) >= 11 is 0. The maximum atomic E-state index is 12.7. The number of halogens is 3. The number of carbonyl (C=O) groups is 1. The summed E-state index contributed by atoms with van der Waals surface area (Å²) in [5.41, 5.74) is -0.784. The van der Waals surface area contributed by atoms with Gasteiger partial charge in [0, 0.05) is 5.69 Å². The monoisotopic (exact) mass is 323 g/mol. The molecular formula is C16H12F3NO3. The van der Waals surface area contributed by atoms with E-state index in [1.165, 1.54) is 12.1 Å². The molecule has 1 amide bonds. The predicted octanol–water partition coefficient (Wildman–Crippen LogP) is 3.48. The average molecular weight is 323 g/mol. The Balaban J connectivity index is 1.71. The van der Waals surface area contributed by atoms with Crippen LogP contribution < -0.4 is 14.8 Å². The van der Waals surface area contributed by atoms with E-state index in [0.717, 1.165) is 12.1 Å². The van der Waals surface area contributed by atoms with Gasteiger partial charge in [-0.05, 0) is 30.3 Å². The lowest BCUT2D eigenvalue weighted by molar-refractivity contribution is -0.137. The van der Waals surface area contributed by atoms with Crippen molar-refractivity contribution < 1.29 is 27.4 Å². The van der Waals surface area contributed by atoms with Crippen molar-refractivity contribution in [3.05, 3.63) is 54.1 Å². The molecule has 1 unspecified atom stereocenters. The quantitative estimate of drug-likeness (QED) is 0.920. The first-order valence-corrected chi connectivity index (χ1v) is 6.80. The molecular weight excluding hydrogens is 311 g/mol. The highest BCUT2D eigenvalue weighted by molar-refractivity contribution is 5.94. The second kappa shape index (κ2) is 5.83. The van der Waals surface area contributed by atoms with Gasteiger partial charge in [-0.25, -0.2) is 0 Å². The normalized spacial score (nSPS) is 16.7. The van der Waals surface area contributed by atoms with Crippen molar-refractivity contribution in [2.75, 3.05) is 11.9 Å². The van der Waals surface area contributed by atoms with Crippen molar-refractivity contribution >= 4 is 11.6 Å². The lowest BCUT2D eigenvalue weighted by atomic mass is 10.2. The molecule has 1 aliphatic rings. The molecule has 4 nitrogen and oxygen atoms in total. The first-order chi connectivity index (χ1) is 10.9. The molecule has 0 radical (unpaired) electrons. The van der Waals surface area contributed by atoms with Crippen LogP contribution in [0, 0.1) is 0 Å². The number of hydrogen-bond donors (Lipinski definition) is 1. The Morgan fingerprint density at radius 3 is 2.57 bits per heavy atom. The molecule has 3 rings (SSSR count). The van der Waals surface area contributed by atoms with Crippen LogP contribution in [0.5, 0.6) is 11.5 Å². The molecule has 7 heteroatoms. The topological polar surface area (TPSA) is 47.6 Å². The number of para-hydroxylation sites is 2. The first kappa shape index (κ1) is 15.2. The van der Waals surface area contributed by atoms with Crippen molar-refractivity contribution in [2.24, 2.45) is 0 Å². The number of fused-ring (bicyclic) bond motifs is 1. The Kier molecular flexibility index (Phi) is 3.85. The van der Waals surface area contributed by atoms with Gasteiger partial charge in [-0.2, -0.15) is 13.2 Å². The van der Waals surface area contributed by atoms with E-state index in [1.807, 2.05) is 0 Å². The van der Waals surface area contributed by atoms with Gasteiger partial charge in [0.2, 0.25) is 6.10 Å². The molecule has 0 saturated heterocycles. The number of alkyl halides is 3. The number of ether oxygens (including phenoxy) is 2. The minimum Gasteiger partial charge on any atom is -0.485 e. The maximum Gasteiger partial charge on any atom is 0.416 e. The van der Waals surface area contributed by atoms with Gasteiger partial charge < -0.3 is 14.8 Å². The summed E-state index contributed by atoms with van der Waals surface area (Å²) in [6, 6.07) is 11.3.